The van der Waals surface area contributed by atoms with Crippen LogP contribution >= 0.6 is 11.6 Å². The number of anilines is 2. The van der Waals surface area contributed by atoms with Gasteiger partial charge in [-0.3, -0.25) is 9.59 Å². The van der Waals surface area contributed by atoms with E-state index in [-0.39, 0.29) is 18.2 Å². The molecule has 164 valence electrons. The van der Waals surface area contributed by atoms with Crippen LogP contribution in [0.4, 0.5) is 11.4 Å². The number of benzene rings is 4. The van der Waals surface area contributed by atoms with Crippen LogP contribution in [0, 0.1) is 5.92 Å². The Labute approximate surface area is 196 Å². The summed E-state index contributed by atoms with van der Waals surface area (Å²) in [5.41, 5.74) is 1.40. The Morgan fingerprint density at radius 1 is 0.879 bits per heavy atom. The van der Waals surface area contributed by atoms with E-state index in [1.807, 2.05) is 48.5 Å². The van der Waals surface area contributed by atoms with E-state index in [0.717, 1.165) is 22.2 Å². The van der Waals surface area contributed by atoms with E-state index >= 15 is 0 Å². The summed E-state index contributed by atoms with van der Waals surface area (Å²) in [5, 5.41) is 5.78. The predicted octanol–water partition coefficient (Wildman–Crippen LogP) is 6.28. The van der Waals surface area contributed by atoms with Crippen molar-refractivity contribution in [3.63, 3.8) is 0 Å². The van der Waals surface area contributed by atoms with Gasteiger partial charge in [-0.25, -0.2) is 0 Å². The number of halogens is 1. The number of hydrogen-bond acceptors (Lipinski definition) is 3. The number of carbonyl (C=O) groups is 2. The van der Waals surface area contributed by atoms with Crippen molar-refractivity contribution in [1.82, 2.24) is 0 Å². The molecule has 33 heavy (non-hydrogen) atoms. The topological polar surface area (TPSA) is 58.6 Å². The first-order valence-corrected chi connectivity index (χ1v) is 11.1. The second-order valence-corrected chi connectivity index (χ2v) is 8.44. The Bertz CT molecular complexity index is 1320. The molecule has 2 amide bonds. The molecule has 4 aromatic carbocycles. The molecule has 6 heteroatoms. The quantitative estimate of drug-likeness (QED) is 0.384. The lowest BCUT2D eigenvalue weighted by Crippen LogP contribution is -2.28. The summed E-state index contributed by atoms with van der Waals surface area (Å²) in [6.07, 6.45) is 0.178. The van der Waals surface area contributed by atoms with Crippen molar-refractivity contribution in [2.75, 3.05) is 16.8 Å². The summed E-state index contributed by atoms with van der Waals surface area (Å²) in [6.45, 7) is 0.343. The molecule has 1 atom stereocenters. The molecule has 0 radical (unpaired) electrons. The van der Waals surface area contributed by atoms with Crippen LogP contribution in [0.15, 0.2) is 91.0 Å². The maximum absolute atomic E-state index is 12.7. The van der Waals surface area contributed by atoms with Crippen LogP contribution in [0.2, 0.25) is 5.02 Å². The highest BCUT2D eigenvalue weighted by Gasteiger charge is 2.35. The van der Waals surface area contributed by atoms with Gasteiger partial charge in [0.15, 0.2) is 0 Å². The number of hydrogen-bond donors (Lipinski definition) is 1. The fourth-order valence-corrected chi connectivity index (χ4v) is 4.10. The summed E-state index contributed by atoms with van der Waals surface area (Å²) in [5.74, 6) is 0.756. The number of ether oxygens (including phenoxy) is 1. The molecule has 0 aromatic heterocycles. The Hall–Kier alpha value is -3.83. The summed E-state index contributed by atoms with van der Waals surface area (Å²) in [6, 6.07) is 28.3. The fourth-order valence-electron chi connectivity index (χ4n) is 3.97. The SMILES string of the molecule is O=C(Nc1ccc(Oc2ccc3ccccc3c2)cc1)[C@@H]1CC(=O)N(c2ccc(Cl)cc2)C1. The zero-order chi connectivity index (χ0) is 22.8. The second-order valence-electron chi connectivity index (χ2n) is 8.01. The third-order valence-electron chi connectivity index (χ3n) is 5.71. The van der Waals surface area contributed by atoms with E-state index in [4.69, 9.17) is 16.3 Å². The third-order valence-corrected chi connectivity index (χ3v) is 5.96. The minimum Gasteiger partial charge on any atom is -0.457 e. The molecular weight excluding hydrogens is 436 g/mol. The summed E-state index contributed by atoms with van der Waals surface area (Å²) >= 11 is 5.93. The van der Waals surface area contributed by atoms with Crippen LogP contribution in [-0.2, 0) is 9.59 Å². The highest BCUT2D eigenvalue weighted by atomic mass is 35.5. The molecular formula is C27H21ClN2O3. The average Bonchev–Trinajstić information content (AvgIpc) is 3.22. The lowest BCUT2D eigenvalue weighted by molar-refractivity contribution is -0.122. The van der Waals surface area contributed by atoms with E-state index in [9.17, 15) is 9.59 Å². The maximum Gasteiger partial charge on any atom is 0.229 e. The molecule has 0 unspecified atom stereocenters. The van der Waals surface area contributed by atoms with Gasteiger partial charge in [0.2, 0.25) is 11.8 Å². The van der Waals surface area contributed by atoms with E-state index in [2.05, 4.69) is 11.4 Å². The molecule has 1 aliphatic rings. The molecule has 0 saturated carbocycles. The Balaban J connectivity index is 1.21. The van der Waals surface area contributed by atoms with Crippen molar-refractivity contribution < 1.29 is 14.3 Å². The van der Waals surface area contributed by atoms with Gasteiger partial charge in [0.25, 0.3) is 0 Å². The smallest absolute Gasteiger partial charge is 0.229 e. The number of fused-ring (bicyclic) bond motifs is 1. The summed E-state index contributed by atoms with van der Waals surface area (Å²) in [4.78, 5) is 26.8. The first-order chi connectivity index (χ1) is 16.0. The largest absolute Gasteiger partial charge is 0.457 e. The molecule has 0 bridgehead atoms. The van der Waals surface area contributed by atoms with Gasteiger partial charge < -0.3 is 15.0 Å². The van der Waals surface area contributed by atoms with Crippen LogP contribution in [0.5, 0.6) is 11.5 Å². The van der Waals surface area contributed by atoms with Crippen LogP contribution in [-0.4, -0.2) is 18.4 Å². The molecule has 5 nitrogen and oxygen atoms in total. The minimum atomic E-state index is -0.415. The van der Waals surface area contributed by atoms with Crippen LogP contribution in [0.1, 0.15) is 6.42 Å². The van der Waals surface area contributed by atoms with Crippen LogP contribution in [0.25, 0.3) is 10.8 Å². The van der Waals surface area contributed by atoms with Crippen molar-refractivity contribution in [2.45, 2.75) is 6.42 Å². The molecule has 5 rings (SSSR count). The van der Waals surface area contributed by atoms with E-state index in [1.54, 1.807) is 41.3 Å². The number of nitrogens with zero attached hydrogens (tertiary/aromatic N) is 1. The standard InChI is InChI=1S/C27H21ClN2O3/c28-21-6-10-23(11-7-21)30-17-20(16-26(30)31)27(32)29-22-8-13-24(14-9-22)33-25-12-5-18-3-1-2-4-19(18)15-25/h1-15,20H,16-17H2,(H,29,32)/t20-/m1/s1. The zero-order valence-electron chi connectivity index (χ0n) is 17.7. The lowest BCUT2D eigenvalue weighted by atomic mass is 10.1. The van der Waals surface area contributed by atoms with Gasteiger partial charge in [-0.1, -0.05) is 41.9 Å². The van der Waals surface area contributed by atoms with Crippen LogP contribution < -0.4 is 15.0 Å². The predicted molar refractivity (Wildman–Crippen MR) is 131 cm³/mol. The molecule has 4 aromatic rings. The van der Waals surface area contributed by atoms with Gasteiger partial charge in [-0.2, -0.15) is 0 Å². The minimum absolute atomic E-state index is 0.0726. The van der Waals surface area contributed by atoms with Crippen molar-refractivity contribution in [1.29, 1.82) is 0 Å². The van der Waals surface area contributed by atoms with Crippen molar-refractivity contribution in [2.24, 2.45) is 5.92 Å². The van der Waals surface area contributed by atoms with Crippen molar-refractivity contribution >= 4 is 45.6 Å². The van der Waals surface area contributed by atoms with Gasteiger partial charge >= 0.3 is 0 Å². The van der Waals surface area contributed by atoms with Gasteiger partial charge in [0, 0.05) is 29.4 Å². The van der Waals surface area contributed by atoms with E-state index in [1.165, 1.54) is 0 Å². The first kappa shape index (κ1) is 21.0. The van der Waals surface area contributed by atoms with Gasteiger partial charge in [-0.15, -0.1) is 0 Å². The molecule has 1 heterocycles. The third kappa shape index (κ3) is 4.69. The summed E-state index contributed by atoms with van der Waals surface area (Å²) in [7, 11) is 0. The molecule has 1 saturated heterocycles. The number of carbonyl (C=O) groups excluding carboxylic acids is 2. The van der Waals surface area contributed by atoms with Crippen molar-refractivity contribution in [3.8, 4) is 11.5 Å². The average molecular weight is 457 g/mol. The number of rotatable bonds is 5. The fraction of sp³-hybridized carbons (Fsp3) is 0.111. The maximum atomic E-state index is 12.7. The molecule has 1 fully saturated rings. The molecule has 0 aliphatic carbocycles. The van der Waals surface area contributed by atoms with E-state index < -0.39 is 5.92 Å². The zero-order valence-corrected chi connectivity index (χ0v) is 18.5. The Morgan fingerprint density at radius 3 is 2.33 bits per heavy atom. The number of amides is 2. The Morgan fingerprint density at radius 2 is 1.58 bits per heavy atom. The highest BCUT2D eigenvalue weighted by Crippen LogP contribution is 2.29. The lowest BCUT2D eigenvalue weighted by Gasteiger charge is -2.17. The normalized spacial score (nSPS) is 15.6. The first-order valence-electron chi connectivity index (χ1n) is 10.7. The summed E-state index contributed by atoms with van der Waals surface area (Å²) < 4.78 is 5.96. The number of nitrogens with one attached hydrogen (secondary N) is 1. The van der Waals surface area contributed by atoms with Gasteiger partial charge in [0.1, 0.15) is 11.5 Å². The molecule has 0 spiro atoms. The molecule has 1 aliphatic heterocycles. The Kier molecular flexibility index (Phi) is 5.71. The van der Waals surface area contributed by atoms with E-state index in [0.29, 0.717) is 23.0 Å². The monoisotopic (exact) mass is 456 g/mol. The van der Waals surface area contributed by atoms with Gasteiger partial charge in [-0.05, 0) is 71.4 Å². The van der Waals surface area contributed by atoms with Crippen LogP contribution in [0.3, 0.4) is 0 Å². The van der Waals surface area contributed by atoms with Crippen molar-refractivity contribution in [3.05, 3.63) is 96.0 Å². The highest BCUT2D eigenvalue weighted by molar-refractivity contribution is 6.30. The van der Waals surface area contributed by atoms with Gasteiger partial charge in [0.05, 0.1) is 5.92 Å². The molecule has 1 N–H and O–H groups in total. The second kappa shape index (κ2) is 8.96.